The van der Waals surface area contributed by atoms with Crippen LogP contribution in [0.1, 0.15) is 29.8 Å². The second-order valence-electron chi connectivity index (χ2n) is 4.55. The zero-order valence-electron chi connectivity index (χ0n) is 10.6. The third-order valence-corrected chi connectivity index (χ3v) is 3.71. The maximum Gasteiger partial charge on any atom is 0.416 e. The second kappa shape index (κ2) is 6.58. The van der Waals surface area contributed by atoms with Gasteiger partial charge in [-0.1, -0.05) is 36.4 Å². The maximum absolute atomic E-state index is 12.4. The molecule has 1 unspecified atom stereocenters. The Hall–Kier alpha value is -0.790. The smallest absolute Gasteiger partial charge is 0.348 e. The Bertz CT molecular complexity index is 429. The highest BCUT2D eigenvalue weighted by Crippen LogP contribution is 2.29. The van der Waals surface area contributed by atoms with Crippen molar-refractivity contribution in [1.82, 2.24) is 5.32 Å². The molecule has 2 nitrogen and oxygen atoms in total. The van der Waals surface area contributed by atoms with E-state index < -0.39 is 11.7 Å². The average Bonchev–Trinajstić information content (AvgIpc) is 2.34. The van der Waals surface area contributed by atoms with Crippen LogP contribution in [-0.4, -0.2) is 16.4 Å². The van der Waals surface area contributed by atoms with E-state index in [2.05, 4.69) is 27.9 Å². The second-order valence-corrected chi connectivity index (χ2v) is 5.43. The third-order valence-electron chi connectivity index (χ3n) is 2.76. The van der Waals surface area contributed by atoms with Crippen molar-refractivity contribution in [3.63, 3.8) is 0 Å². The van der Waals surface area contributed by atoms with Crippen molar-refractivity contribution in [3.05, 3.63) is 35.4 Å². The first-order valence-electron chi connectivity index (χ1n) is 5.79. The molecule has 1 aromatic rings. The fourth-order valence-electron chi connectivity index (χ4n) is 1.45. The lowest BCUT2D eigenvalue weighted by molar-refractivity contribution is -0.137. The number of alkyl halides is 4. The number of hydrogen-bond donors (Lipinski definition) is 1. The van der Waals surface area contributed by atoms with Crippen LogP contribution in [0.3, 0.4) is 0 Å². The standard InChI is InChI=1S/C13H15F3INO/c1-8(2)11(7-17)18-12(19)9-3-5-10(6-4-9)13(14,15)16/h3-6,8,11H,7H2,1-2H3,(H,18,19). The Morgan fingerprint density at radius 1 is 1.26 bits per heavy atom. The normalized spacial score (nSPS) is 13.4. The first-order chi connectivity index (χ1) is 8.75. The van der Waals surface area contributed by atoms with E-state index in [1.54, 1.807) is 0 Å². The van der Waals surface area contributed by atoms with E-state index in [0.29, 0.717) is 0 Å². The van der Waals surface area contributed by atoms with Gasteiger partial charge in [-0.2, -0.15) is 13.2 Å². The van der Waals surface area contributed by atoms with Gasteiger partial charge in [0.15, 0.2) is 0 Å². The van der Waals surface area contributed by atoms with Gasteiger partial charge in [-0.25, -0.2) is 0 Å². The lowest BCUT2D eigenvalue weighted by Gasteiger charge is -2.20. The minimum absolute atomic E-state index is 0.00962. The van der Waals surface area contributed by atoms with Crippen LogP contribution in [0.25, 0.3) is 0 Å². The van der Waals surface area contributed by atoms with Gasteiger partial charge in [-0.3, -0.25) is 4.79 Å². The summed E-state index contributed by atoms with van der Waals surface area (Å²) in [6.07, 6.45) is -4.38. The molecule has 19 heavy (non-hydrogen) atoms. The number of amides is 1. The van der Waals surface area contributed by atoms with Crippen molar-refractivity contribution < 1.29 is 18.0 Å². The largest absolute Gasteiger partial charge is 0.416 e. The van der Waals surface area contributed by atoms with Gasteiger partial charge >= 0.3 is 6.18 Å². The fourth-order valence-corrected chi connectivity index (χ4v) is 2.68. The topological polar surface area (TPSA) is 29.1 Å². The summed E-state index contributed by atoms with van der Waals surface area (Å²) in [5.74, 6) is -0.0700. The van der Waals surface area contributed by atoms with Gasteiger partial charge in [0, 0.05) is 16.0 Å². The predicted molar refractivity (Wildman–Crippen MR) is 76.4 cm³/mol. The van der Waals surface area contributed by atoms with Crippen LogP contribution in [0.15, 0.2) is 24.3 Å². The van der Waals surface area contributed by atoms with Gasteiger partial charge in [-0.05, 0) is 30.2 Å². The van der Waals surface area contributed by atoms with Crippen LogP contribution in [0.5, 0.6) is 0 Å². The summed E-state index contributed by atoms with van der Waals surface area (Å²) in [4.78, 5) is 11.9. The number of hydrogen-bond acceptors (Lipinski definition) is 1. The van der Waals surface area contributed by atoms with Gasteiger partial charge in [0.2, 0.25) is 0 Å². The Labute approximate surface area is 123 Å². The Morgan fingerprint density at radius 2 is 1.79 bits per heavy atom. The third kappa shape index (κ3) is 4.67. The molecule has 1 aromatic carbocycles. The van der Waals surface area contributed by atoms with E-state index in [9.17, 15) is 18.0 Å². The van der Waals surface area contributed by atoms with Crippen LogP contribution in [0.2, 0.25) is 0 Å². The lowest BCUT2D eigenvalue weighted by Crippen LogP contribution is -2.39. The molecule has 0 aromatic heterocycles. The van der Waals surface area contributed by atoms with Crippen molar-refractivity contribution in [2.75, 3.05) is 4.43 Å². The molecule has 0 radical (unpaired) electrons. The summed E-state index contributed by atoms with van der Waals surface area (Å²) in [5.41, 5.74) is -0.512. The molecule has 1 N–H and O–H groups in total. The molecule has 0 aliphatic carbocycles. The molecule has 1 atom stereocenters. The van der Waals surface area contributed by atoms with Gasteiger partial charge in [0.05, 0.1) is 5.56 Å². The zero-order chi connectivity index (χ0) is 14.6. The molecule has 106 valence electrons. The monoisotopic (exact) mass is 385 g/mol. The van der Waals surface area contributed by atoms with Crippen molar-refractivity contribution in [2.24, 2.45) is 5.92 Å². The van der Waals surface area contributed by atoms with Crippen molar-refractivity contribution in [2.45, 2.75) is 26.1 Å². The number of rotatable bonds is 4. The number of carbonyl (C=O) groups excluding carboxylic acids is 1. The van der Waals surface area contributed by atoms with Crippen LogP contribution in [-0.2, 0) is 6.18 Å². The summed E-state index contributed by atoms with van der Waals surface area (Å²) >= 11 is 2.17. The first-order valence-corrected chi connectivity index (χ1v) is 7.32. The molecule has 0 saturated heterocycles. The molecule has 1 amide bonds. The van der Waals surface area contributed by atoms with Crippen molar-refractivity contribution >= 4 is 28.5 Å². The van der Waals surface area contributed by atoms with Gasteiger partial charge in [-0.15, -0.1) is 0 Å². The first kappa shape index (κ1) is 16.3. The molecular formula is C13H15F3INO. The number of benzene rings is 1. The minimum atomic E-state index is -4.38. The molecule has 0 saturated carbocycles. The van der Waals surface area contributed by atoms with Crippen LogP contribution < -0.4 is 5.32 Å². The van der Waals surface area contributed by atoms with E-state index in [4.69, 9.17) is 0 Å². The van der Waals surface area contributed by atoms with Gasteiger partial charge in [0.25, 0.3) is 5.91 Å². The van der Waals surface area contributed by atoms with Crippen molar-refractivity contribution in [1.29, 1.82) is 0 Å². The molecule has 1 rings (SSSR count). The Kier molecular flexibility index (Phi) is 5.64. The van der Waals surface area contributed by atoms with Crippen LogP contribution >= 0.6 is 22.6 Å². The highest BCUT2D eigenvalue weighted by molar-refractivity contribution is 14.1. The number of carbonyl (C=O) groups is 1. The number of nitrogens with one attached hydrogen (secondary N) is 1. The zero-order valence-corrected chi connectivity index (χ0v) is 12.7. The summed E-state index contributed by atoms with van der Waals surface area (Å²) in [7, 11) is 0. The van der Waals surface area contributed by atoms with E-state index in [1.807, 2.05) is 13.8 Å². The lowest BCUT2D eigenvalue weighted by atomic mass is 10.1. The highest BCUT2D eigenvalue weighted by atomic mass is 127. The maximum atomic E-state index is 12.4. The van der Waals surface area contributed by atoms with E-state index in [1.165, 1.54) is 12.1 Å². The molecule has 0 spiro atoms. The summed E-state index contributed by atoms with van der Waals surface area (Å²) in [5, 5.41) is 2.81. The minimum Gasteiger partial charge on any atom is -0.348 e. The van der Waals surface area contributed by atoms with Crippen LogP contribution in [0, 0.1) is 5.92 Å². The van der Waals surface area contributed by atoms with E-state index in [-0.39, 0.29) is 23.4 Å². The summed E-state index contributed by atoms with van der Waals surface area (Å²) < 4.78 is 37.9. The van der Waals surface area contributed by atoms with Crippen LogP contribution in [0.4, 0.5) is 13.2 Å². The van der Waals surface area contributed by atoms with Gasteiger partial charge in [0.1, 0.15) is 0 Å². The number of halogens is 4. The molecule has 6 heteroatoms. The molecular weight excluding hydrogens is 370 g/mol. The molecule has 0 bridgehead atoms. The molecule has 0 heterocycles. The Morgan fingerprint density at radius 3 is 2.16 bits per heavy atom. The summed E-state index contributed by atoms with van der Waals surface area (Å²) in [6, 6.07) is 4.24. The highest BCUT2D eigenvalue weighted by Gasteiger charge is 2.30. The molecule has 0 fully saturated rings. The Balaban J connectivity index is 2.78. The quantitative estimate of drug-likeness (QED) is 0.619. The van der Waals surface area contributed by atoms with E-state index >= 15 is 0 Å². The average molecular weight is 385 g/mol. The summed E-state index contributed by atoms with van der Waals surface area (Å²) in [6.45, 7) is 3.96. The van der Waals surface area contributed by atoms with Crippen molar-refractivity contribution in [3.8, 4) is 0 Å². The van der Waals surface area contributed by atoms with Gasteiger partial charge < -0.3 is 5.32 Å². The SMILES string of the molecule is CC(C)C(CI)NC(=O)c1ccc(C(F)(F)F)cc1. The van der Waals surface area contributed by atoms with E-state index in [0.717, 1.165) is 16.6 Å². The molecule has 0 aliphatic heterocycles. The molecule has 0 aliphatic rings. The predicted octanol–water partition coefficient (Wildman–Crippen LogP) is 3.89. The fraction of sp³-hybridized carbons (Fsp3) is 0.462.